The summed E-state index contributed by atoms with van der Waals surface area (Å²) >= 11 is 0. The van der Waals surface area contributed by atoms with Crippen molar-refractivity contribution in [3.8, 4) is 5.75 Å². The molecule has 0 atom stereocenters. The smallest absolute Gasteiger partial charge is 0.236 e. The molecule has 2 saturated heterocycles. The van der Waals surface area contributed by atoms with Gasteiger partial charge in [-0.3, -0.25) is 14.6 Å². The Bertz CT molecular complexity index is 819. The Kier molecular flexibility index (Phi) is 7.43. The van der Waals surface area contributed by atoms with Gasteiger partial charge in [0.05, 0.1) is 13.7 Å². The number of piperazine rings is 1. The van der Waals surface area contributed by atoms with Crippen LogP contribution in [-0.2, 0) is 11.3 Å². The van der Waals surface area contributed by atoms with E-state index < -0.39 is 0 Å². The molecule has 6 heteroatoms. The monoisotopic (exact) mass is 422 g/mol. The van der Waals surface area contributed by atoms with E-state index in [4.69, 9.17) is 4.74 Å². The Morgan fingerprint density at radius 2 is 1.52 bits per heavy atom. The van der Waals surface area contributed by atoms with Gasteiger partial charge >= 0.3 is 0 Å². The molecular formula is C25H34N4O2. The third-order valence-corrected chi connectivity index (χ3v) is 6.36. The predicted molar refractivity (Wildman–Crippen MR) is 125 cm³/mol. The van der Waals surface area contributed by atoms with Crippen molar-refractivity contribution in [1.29, 1.82) is 0 Å². The minimum absolute atomic E-state index is 0.275. The summed E-state index contributed by atoms with van der Waals surface area (Å²) < 4.78 is 5.26. The van der Waals surface area contributed by atoms with Crippen molar-refractivity contribution < 1.29 is 9.53 Å². The summed E-state index contributed by atoms with van der Waals surface area (Å²) in [6.45, 7) is 8.94. The van der Waals surface area contributed by atoms with Crippen molar-refractivity contribution in [2.75, 3.05) is 70.9 Å². The lowest BCUT2D eigenvalue weighted by Gasteiger charge is -2.35. The number of benzene rings is 2. The fraction of sp³-hybridized carbons (Fsp3) is 0.480. The second kappa shape index (κ2) is 10.6. The number of methoxy groups -OCH3 is 1. The number of nitrogens with zero attached hydrogens (tertiary/aromatic N) is 4. The molecule has 4 rings (SSSR count). The van der Waals surface area contributed by atoms with Crippen molar-refractivity contribution in [3.05, 3.63) is 60.2 Å². The highest BCUT2D eigenvalue weighted by Crippen LogP contribution is 2.20. The number of ether oxygens (including phenoxy) is 1. The van der Waals surface area contributed by atoms with E-state index in [1.165, 1.54) is 11.3 Å². The van der Waals surface area contributed by atoms with E-state index in [0.29, 0.717) is 6.54 Å². The maximum atomic E-state index is 12.9. The molecule has 2 aromatic carbocycles. The van der Waals surface area contributed by atoms with Gasteiger partial charge in [-0.2, -0.15) is 0 Å². The summed E-state index contributed by atoms with van der Waals surface area (Å²) in [4.78, 5) is 22.1. The van der Waals surface area contributed by atoms with E-state index in [-0.39, 0.29) is 5.91 Å². The van der Waals surface area contributed by atoms with Gasteiger partial charge in [-0.05, 0) is 36.2 Å². The van der Waals surface area contributed by atoms with Gasteiger partial charge in [-0.1, -0.05) is 30.3 Å². The van der Waals surface area contributed by atoms with Crippen LogP contribution in [0.4, 0.5) is 5.69 Å². The maximum Gasteiger partial charge on any atom is 0.236 e. The Morgan fingerprint density at radius 3 is 2.23 bits per heavy atom. The van der Waals surface area contributed by atoms with Gasteiger partial charge in [0.2, 0.25) is 5.91 Å². The molecule has 6 nitrogen and oxygen atoms in total. The Balaban J connectivity index is 1.22. The first kappa shape index (κ1) is 21.7. The SMILES string of the molecule is COc1ccc(N2CCCN(CC(=O)N3CCN(Cc4ccccc4)CC3)CC2)cc1. The van der Waals surface area contributed by atoms with Crippen molar-refractivity contribution in [2.24, 2.45) is 0 Å². The van der Waals surface area contributed by atoms with E-state index >= 15 is 0 Å². The normalized spacial score (nSPS) is 18.6. The molecule has 2 aliphatic rings. The number of amides is 1. The first-order valence-electron chi connectivity index (χ1n) is 11.4. The van der Waals surface area contributed by atoms with Crippen molar-refractivity contribution in [1.82, 2.24) is 14.7 Å². The summed E-state index contributed by atoms with van der Waals surface area (Å²) in [5.74, 6) is 1.16. The van der Waals surface area contributed by atoms with Gasteiger partial charge in [-0.25, -0.2) is 0 Å². The van der Waals surface area contributed by atoms with Crippen LogP contribution >= 0.6 is 0 Å². The highest BCUT2D eigenvalue weighted by molar-refractivity contribution is 5.78. The fourth-order valence-electron chi connectivity index (χ4n) is 4.47. The second-order valence-electron chi connectivity index (χ2n) is 8.46. The molecule has 0 bridgehead atoms. The molecule has 2 aromatic rings. The average molecular weight is 423 g/mol. The lowest BCUT2D eigenvalue weighted by molar-refractivity contribution is -0.134. The Hall–Kier alpha value is -2.57. The largest absolute Gasteiger partial charge is 0.497 e. The van der Waals surface area contributed by atoms with Gasteiger partial charge in [-0.15, -0.1) is 0 Å². The van der Waals surface area contributed by atoms with Crippen LogP contribution in [0.5, 0.6) is 5.75 Å². The molecule has 0 aliphatic carbocycles. The van der Waals surface area contributed by atoms with E-state index in [1.54, 1.807) is 7.11 Å². The quantitative estimate of drug-likeness (QED) is 0.716. The molecule has 0 spiro atoms. The molecule has 31 heavy (non-hydrogen) atoms. The van der Waals surface area contributed by atoms with Crippen molar-refractivity contribution >= 4 is 11.6 Å². The number of carbonyl (C=O) groups is 1. The number of hydrogen-bond acceptors (Lipinski definition) is 5. The lowest BCUT2D eigenvalue weighted by Crippen LogP contribution is -2.51. The third kappa shape index (κ3) is 5.99. The molecule has 166 valence electrons. The van der Waals surface area contributed by atoms with E-state index in [1.807, 2.05) is 17.0 Å². The van der Waals surface area contributed by atoms with Gasteiger partial charge < -0.3 is 14.5 Å². The van der Waals surface area contributed by atoms with Gasteiger partial charge in [0, 0.05) is 64.6 Å². The van der Waals surface area contributed by atoms with Crippen LogP contribution in [0.25, 0.3) is 0 Å². The van der Waals surface area contributed by atoms with Crippen LogP contribution in [0.15, 0.2) is 54.6 Å². The van der Waals surface area contributed by atoms with Crippen LogP contribution in [-0.4, -0.2) is 86.6 Å². The first-order chi connectivity index (χ1) is 15.2. The molecule has 0 aromatic heterocycles. The Morgan fingerprint density at radius 1 is 0.806 bits per heavy atom. The first-order valence-corrected chi connectivity index (χ1v) is 11.4. The predicted octanol–water partition coefficient (Wildman–Crippen LogP) is 2.55. The number of anilines is 1. The van der Waals surface area contributed by atoms with E-state index in [9.17, 15) is 4.79 Å². The molecule has 2 heterocycles. The van der Waals surface area contributed by atoms with Crippen LogP contribution in [0.3, 0.4) is 0 Å². The molecule has 0 unspecified atom stereocenters. The summed E-state index contributed by atoms with van der Waals surface area (Å²) in [6.07, 6.45) is 1.07. The lowest BCUT2D eigenvalue weighted by atomic mass is 10.2. The molecule has 2 aliphatic heterocycles. The highest BCUT2D eigenvalue weighted by Gasteiger charge is 2.24. The Labute approximate surface area is 186 Å². The summed E-state index contributed by atoms with van der Waals surface area (Å²) in [7, 11) is 1.69. The summed E-state index contributed by atoms with van der Waals surface area (Å²) in [5.41, 5.74) is 2.57. The van der Waals surface area contributed by atoms with Crippen LogP contribution in [0, 0.1) is 0 Å². The molecule has 0 radical (unpaired) electrons. The minimum atomic E-state index is 0.275. The van der Waals surface area contributed by atoms with Gasteiger partial charge in [0.1, 0.15) is 5.75 Å². The van der Waals surface area contributed by atoms with E-state index in [0.717, 1.165) is 71.1 Å². The number of rotatable bonds is 6. The summed E-state index contributed by atoms with van der Waals surface area (Å²) in [5, 5.41) is 0. The van der Waals surface area contributed by atoms with Crippen LogP contribution < -0.4 is 9.64 Å². The topological polar surface area (TPSA) is 39.3 Å². The van der Waals surface area contributed by atoms with Crippen molar-refractivity contribution in [3.63, 3.8) is 0 Å². The zero-order chi connectivity index (χ0) is 21.5. The molecular weight excluding hydrogens is 388 g/mol. The van der Waals surface area contributed by atoms with Crippen molar-refractivity contribution in [2.45, 2.75) is 13.0 Å². The number of carbonyl (C=O) groups excluding carboxylic acids is 1. The van der Waals surface area contributed by atoms with Crippen LogP contribution in [0.2, 0.25) is 0 Å². The van der Waals surface area contributed by atoms with Gasteiger partial charge in [0.25, 0.3) is 0 Å². The number of hydrogen-bond donors (Lipinski definition) is 0. The molecule has 0 N–H and O–H groups in total. The summed E-state index contributed by atoms with van der Waals surface area (Å²) in [6, 6.07) is 18.8. The molecule has 2 fully saturated rings. The molecule has 1 amide bonds. The van der Waals surface area contributed by atoms with Crippen LogP contribution in [0.1, 0.15) is 12.0 Å². The highest BCUT2D eigenvalue weighted by atomic mass is 16.5. The van der Waals surface area contributed by atoms with Gasteiger partial charge in [0.15, 0.2) is 0 Å². The standard InChI is InChI=1S/C25H34N4O2/c1-31-24-10-8-23(9-11-24)28-13-5-12-26(14-17-28)21-25(30)29-18-15-27(16-19-29)20-22-6-3-2-4-7-22/h2-4,6-11H,5,12-21H2,1H3. The second-order valence-corrected chi connectivity index (χ2v) is 8.46. The zero-order valence-electron chi connectivity index (χ0n) is 18.6. The molecule has 0 saturated carbocycles. The third-order valence-electron chi connectivity index (χ3n) is 6.36. The zero-order valence-corrected chi connectivity index (χ0v) is 18.6. The average Bonchev–Trinajstić information content (AvgIpc) is 3.06. The van der Waals surface area contributed by atoms with E-state index in [2.05, 4.69) is 57.2 Å². The maximum absolute atomic E-state index is 12.9. The fourth-order valence-corrected chi connectivity index (χ4v) is 4.47. The minimum Gasteiger partial charge on any atom is -0.497 e.